The quantitative estimate of drug-likeness (QED) is 0.788. The number of amides is 1. The highest BCUT2D eigenvalue weighted by atomic mass is 35.5. The van der Waals surface area contributed by atoms with Crippen molar-refractivity contribution in [3.05, 3.63) is 34.3 Å². The molecule has 0 spiro atoms. The monoisotopic (exact) mass is 243 g/mol. The molecule has 0 aliphatic heterocycles. The van der Waals surface area contributed by atoms with Gasteiger partial charge in [0.2, 0.25) is 5.91 Å². The van der Waals surface area contributed by atoms with E-state index in [4.69, 9.17) is 21.5 Å². The number of hydrogen-bond acceptors (Lipinski definition) is 3. The Labute approximate surface area is 96.9 Å². The second-order valence-corrected chi connectivity index (χ2v) is 3.43. The van der Waals surface area contributed by atoms with E-state index in [2.05, 4.69) is 5.48 Å². The number of carboxylic acids is 1. The number of benzene rings is 1. The van der Waals surface area contributed by atoms with Crippen LogP contribution in [-0.4, -0.2) is 17.0 Å². The molecule has 6 heteroatoms. The van der Waals surface area contributed by atoms with Crippen molar-refractivity contribution in [1.82, 2.24) is 5.48 Å². The second kappa shape index (κ2) is 5.48. The molecule has 0 aliphatic rings. The van der Waals surface area contributed by atoms with Crippen LogP contribution in [-0.2, 0) is 16.2 Å². The van der Waals surface area contributed by atoms with Gasteiger partial charge in [-0.05, 0) is 12.1 Å². The van der Waals surface area contributed by atoms with Crippen LogP contribution in [0.4, 0.5) is 0 Å². The minimum atomic E-state index is -1.09. The Balaban J connectivity index is 2.84. The highest BCUT2D eigenvalue weighted by molar-refractivity contribution is 6.31. The lowest BCUT2D eigenvalue weighted by atomic mass is 10.1. The standard InChI is InChI=1S/C10H10ClNO4/c1-6(13)12-16-5-8-7(10(14)15)3-2-4-9(8)11/h2-4H,5H2,1H3,(H,12,13)(H,14,15). The van der Waals surface area contributed by atoms with Gasteiger partial charge < -0.3 is 5.11 Å². The fourth-order valence-corrected chi connectivity index (χ4v) is 1.34. The van der Waals surface area contributed by atoms with Gasteiger partial charge in [-0.15, -0.1) is 0 Å². The van der Waals surface area contributed by atoms with Gasteiger partial charge in [-0.2, -0.15) is 0 Å². The lowest BCUT2D eigenvalue weighted by molar-refractivity contribution is -0.132. The van der Waals surface area contributed by atoms with E-state index >= 15 is 0 Å². The van der Waals surface area contributed by atoms with E-state index in [1.165, 1.54) is 19.1 Å². The van der Waals surface area contributed by atoms with Crippen LogP contribution in [0.5, 0.6) is 0 Å². The molecule has 0 atom stereocenters. The largest absolute Gasteiger partial charge is 0.478 e. The van der Waals surface area contributed by atoms with Crippen molar-refractivity contribution in [3.63, 3.8) is 0 Å². The summed E-state index contributed by atoms with van der Waals surface area (Å²) in [6.45, 7) is 1.19. The maximum Gasteiger partial charge on any atom is 0.336 e. The number of carbonyl (C=O) groups is 2. The van der Waals surface area contributed by atoms with Crippen molar-refractivity contribution in [2.24, 2.45) is 0 Å². The Morgan fingerprint density at radius 1 is 1.50 bits per heavy atom. The van der Waals surface area contributed by atoms with Crippen LogP contribution in [0.2, 0.25) is 5.02 Å². The predicted octanol–water partition coefficient (Wildman–Crippen LogP) is 1.61. The van der Waals surface area contributed by atoms with E-state index in [-0.39, 0.29) is 23.1 Å². The first-order valence-corrected chi connectivity index (χ1v) is 4.79. The zero-order valence-corrected chi connectivity index (χ0v) is 9.25. The van der Waals surface area contributed by atoms with E-state index in [1.54, 1.807) is 6.07 Å². The second-order valence-electron chi connectivity index (χ2n) is 3.02. The molecule has 0 saturated carbocycles. The lowest BCUT2D eigenvalue weighted by Gasteiger charge is -2.08. The summed E-state index contributed by atoms with van der Waals surface area (Å²) in [5, 5.41) is 9.18. The first-order valence-electron chi connectivity index (χ1n) is 4.41. The zero-order chi connectivity index (χ0) is 12.1. The number of hydrogen-bond donors (Lipinski definition) is 2. The van der Waals surface area contributed by atoms with Gasteiger partial charge in [-0.1, -0.05) is 17.7 Å². The summed E-state index contributed by atoms with van der Waals surface area (Å²) in [6, 6.07) is 4.51. The van der Waals surface area contributed by atoms with Crippen molar-refractivity contribution in [2.75, 3.05) is 0 Å². The molecule has 1 rings (SSSR count). The van der Waals surface area contributed by atoms with Crippen LogP contribution >= 0.6 is 11.6 Å². The molecule has 1 aromatic carbocycles. The maximum atomic E-state index is 10.9. The summed E-state index contributed by atoms with van der Waals surface area (Å²) < 4.78 is 0. The summed E-state index contributed by atoms with van der Waals surface area (Å²) in [5.74, 6) is -1.46. The van der Waals surface area contributed by atoms with E-state index in [9.17, 15) is 9.59 Å². The van der Waals surface area contributed by atoms with Gasteiger partial charge in [0.1, 0.15) is 6.61 Å². The molecule has 86 valence electrons. The van der Waals surface area contributed by atoms with E-state index in [1.807, 2.05) is 0 Å². The van der Waals surface area contributed by atoms with E-state index in [0.29, 0.717) is 5.56 Å². The smallest absolute Gasteiger partial charge is 0.336 e. The molecular weight excluding hydrogens is 234 g/mol. The normalized spacial score (nSPS) is 9.88. The van der Waals surface area contributed by atoms with Gasteiger partial charge in [-0.25, -0.2) is 10.3 Å². The minimum Gasteiger partial charge on any atom is -0.478 e. The van der Waals surface area contributed by atoms with Crippen LogP contribution in [0.3, 0.4) is 0 Å². The zero-order valence-electron chi connectivity index (χ0n) is 8.49. The minimum absolute atomic E-state index is 0.0536. The Hall–Kier alpha value is -1.59. The van der Waals surface area contributed by atoms with Gasteiger partial charge in [0, 0.05) is 17.5 Å². The summed E-state index contributed by atoms with van der Waals surface area (Å²) >= 11 is 5.83. The molecule has 0 aliphatic carbocycles. The SMILES string of the molecule is CC(=O)NOCc1c(Cl)cccc1C(=O)O. The van der Waals surface area contributed by atoms with Crippen LogP contribution < -0.4 is 5.48 Å². The molecule has 0 heterocycles. The Kier molecular flexibility index (Phi) is 4.28. The fourth-order valence-electron chi connectivity index (χ4n) is 1.12. The Bertz CT molecular complexity index is 419. The molecular formula is C10H10ClNO4. The molecule has 0 saturated heterocycles. The van der Waals surface area contributed by atoms with Crippen LogP contribution in [0, 0.1) is 0 Å². The molecule has 0 bridgehead atoms. The first kappa shape index (κ1) is 12.5. The van der Waals surface area contributed by atoms with Crippen molar-refractivity contribution < 1.29 is 19.5 Å². The average molecular weight is 244 g/mol. The van der Waals surface area contributed by atoms with Crippen molar-refractivity contribution >= 4 is 23.5 Å². The summed E-state index contributed by atoms with van der Waals surface area (Å²) in [5.41, 5.74) is 2.47. The maximum absolute atomic E-state index is 10.9. The summed E-state index contributed by atoms with van der Waals surface area (Å²) in [6.07, 6.45) is 0. The first-order chi connectivity index (χ1) is 7.52. The van der Waals surface area contributed by atoms with Crippen molar-refractivity contribution in [2.45, 2.75) is 13.5 Å². The van der Waals surface area contributed by atoms with Gasteiger partial charge in [0.15, 0.2) is 0 Å². The number of carboxylic acid groups (broad SMARTS) is 1. The molecule has 0 unspecified atom stereocenters. The number of rotatable bonds is 4. The molecule has 0 fully saturated rings. The molecule has 1 aromatic rings. The molecule has 1 amide bonds. The van der Waals surface area contributed by atoms with Crippen LogP contribution in [0.15, 0.2) is 18.2 Å². The Morgan fingerprint density at radius 2 is 2.19 bits per heavy atom. The third-order valence-corrected chi connectivity index (χ3v) is 2.14. The van der Waals surface area contributed by atoms with E-state index < -0.39 is 5.97 Å². The number of halogens is 1. The lowest BCUT2D eigenvalue weighted by Crippen LogP contribution is -2.20. The number of hydroxylamine groups is 1. The van der Waals surface area contributed by atoms with E-state index in [0.717, 1.165) is 0 Å². The molecule has 0 radical (unpaired) electrons. The molecule has 0 aromatic heterocycles. The van der Waals surface area contributed by atoms with Gasteiger partial charge in [-0.3, -0.25) is 9.63 Å². The van der Waals surface area contributed by atoms with Crippen LogP contribution in [0.1, 0.15) is 22.8 Å². The van der Waals surface area contributed by atoms with Crippen molar-refractivity contribution in [3.8, 4) is 0 Å². The highest BCUT2D eigenvalue weighted by Crippen LogP contribution is 2.20. The average Bonchev–Trinajstić information content (AvgIpc) is 2.19. The third kappa shape index (κ3) is 3.22. The number of aromatic carboxylic acids is 1. The molecule has 2 N–H and O–H groups in total. The predicted molar refractivity (Wildman–Crippen MR) is 57.0 cm³/mol. The summed E-state index contributed by atoms with van der Waals surface area (Å²) in [7, 11) is 0. The van der Waals surface area contributed by atoms with Crippen LogP contribution in [0.25, 0.3) is 0 Å². The topological polar surface area (TPSA) is 75.6 Å². The van der Waals surface area contributed by atoms with Gasteiger partial charge >= 0.3 is 5.97 Å². The molecule has 16 heavy (non-hydrogen) atoms. The fraction of sp³-hybridized carbons (Fsp3) is 0.200. The van der Waals surface area contributed by atoms with Crippen molar-refractivity contribution in [1.29, 1.82) is 0 Å². The molecule has 5 nitrogen and oxygen atoms in total. The number of carbonyl (C=O) groups excluding carboxylic acids is 1. The summed E-state index contributed by atoms with van der Waals surface area (Å²) in [4.78, 5) is 26.2. The number of nitrogens with one attached hydrogen (secondary N) is 1. The van der Waals surface area contributed by atoms with Gasteiger partial charge in [0.05, 0.1) is 5.56 Å². The highest BCUT2D eigenvalue weighted by Gasteiger charge is 2.13. The third-order valence-electron chi connectivity index (χ3n) is 1.78. The van der Waals surface area contributed by atoms with Gasteiger partial charge in [0.25, 0.3) is 0 Å². The Morgan fingerprint density at radius 3 is 2.75 bits per heavy atom.